The molecule has 0 atom stereocenters. The quantitative estimate of drug-likeness (QED) is 0.820. The highest BCUT2D eigenvalue weighted by Gasteiger charge is 2.18. The fourth-order valence-electron chi connectivity index (χ4n) is 3.11. The lowest BCUT2D eigenvalue weighted by Crippen LogP contribution is -2.23. The molecule has 21 heavy (non-hydrogen) atoms. The third-order valence-electron chi connectivity index (χ3n) is 4.18. The molecule has 110 valence electrons. The Hall–Kier alpha value is -1.80. The molecule has 0 radical (unpaired) electrons. The van der Waals surface area contributed by atoms with Crippen molar-refractivity contribution in [1.82, 2.24) is 4.90 Å². The van der Waals surface area contributed by atoms with Crippen LogP contribution in [0.3, 0.4) is 0 Å². The van der Waals surface area contributed by atoms with Crippen molar-refractivity contribution in [2.75, 3.05) is 32.1 Å². The molecule has 3 rings (SSSR count). The Bertz CT molecular complexity index is 593. The Morgan fingerprint density at radius 2 is 2.00 bits per heavy atom. The minimum absolute atomic E-state index is 1.07. The second-order valence-corrected chi connectivity index (χ2v) is 6.06. The van der Waals surface area contributed by atoms with Crippen LogP contribution in [0.4, 0.5) is 5.69 Å². The molecule has 1 aromatic rings. The Morgan fingerprint density at radius 3 is 2.86 bits per heavy atom. The maximum absolute atomic E-state index is 2.41. The van der Waals surface area contributed by atoms with E-state index >= 15 is 0 Å². The first-order chi connectivity index (χ1) is 10.3. The van der Waals surface area contributed by atoms with Crippen molar-refractivity contribution in [2.24, 2.45) is 0 Å². The summed E-state index contributed by atoms with van der Waals surface area (Å²) in [6.07, 6.45) is 12.6. The van der Waals surface area contributed by atoms with Crippen molar-refractivity contribution in [3.63, 3.8) is 0 Å². The van der Waals surface area contributed by atoms with Gasteiger partial charge in [-0.3, -0.25) is 0 Å². The molecule has 0 unspecified atom stereocenters. The monoisotopic (exact) mass is 280 g/mol. The summed E-state index contributed by atoms with van der Waals surface area (Å²) in [6.45, 7) is 2.19. The number of fused-ring (bicyclic) bond motifs is 2. The first-order valence-corrected chi connectivity index (χ1v) is 7.84. The van der Waals surface area contributed by atoms with E-state index in [0.717, 1.165) is 25.9 Å². The van der Waals surface area contributed by atoms with E-state index in [9.17, 15) is 0 Å². The summed E-state index contributed by atoms with van der Waals surface area (Å²) in [7, 11) is 4.27. The van der Waals surface area contributed by atoms with E-state index in [2.05, 4.69) is 72.6 Å². The highest BCUT2D eigenvalue weighted by Crippen LogP contribution is 2.37. The molecule has 1 aromatic carbocycles. The average Bonchev–Trinajstić information content (AvgIpc) is 2.65. The standard InChI is InChI=1S/C19H24N2/c1-20(2)13-7-14-21-15-12-16-8-3-4-9-17(16)18-10-5-6-11-19(18)21/h3,5-6,8,10-12,15H,4,7,9,13-14H2,1-2H3. The van der Waals surface area contributed by atoms with Crippen LogP contribution in [0.2, 0.25) is 0 Å². The minimum atomic E-state index is 1.07. The van der Waals surface area contributed by atoms with Crippen molar-refractivity contribution < 1.29 is 0 Å². The molecule has 0 bridgehead atoms. The maximum Gasteiger partial charge on any atom is 0.0482 e. The van der Waals surface area contributed by atoms with Crippen LogP contribution in [0.5, 0.6) is 0 Å². The summed E-state index contributed by atoms with van der Waals surface area (Å²) in [6, 6.07) is 8.83. The Kier molecular flexibility index (Phi) is 4.26. The van der Waals surface area contributed by atoms with Gasteiger partial charge < -0.3 is 9.80 Å². The number of hydrogen-bond donors (Lipinski definition) is 0. The Balaban J connectivity index is 1.90. The summed E-state index contributed by atoms with van der Waals surface area (Å²) in [4.78, 5) is 4.66. The smallest absolute Gasteiger partial charge is 0.0482 e. The summed E-state index contributed by atoms with van der Waals surface area (Å²) in [5.41, 5.74) is 5.64. The number of benzene rings is 1. The predicted molar refractivity (Wildman–Crippen MR) is 91.4 cm³/mol. The number of hydrogen-bond acceptors (Lipinski definition) is 2. The van der Waals surface area contributed by atoms with Crippen molar-refractivity contribution in [2.45, 2.75) is 19.3 Å². The molecule has 0 saturated carbocycles. The van der Waals surface area contributed by atoms with Crippen LogP contribution < -0.4 is 4.90 Å². The van der Waals surface area contributed by atoms with E-state index in [-0.39, 0.29) is 0 Å². The zero-order valence-electron chi connectivity index (χ0n) is 13.0. The molecule has 0 saturated heterocycles. The van der Waals surface area contributed by atoms with Gasteiger partial charge in [-0.05, 0) is 63.2 Å². The summed E-state index contributed by atoms with van der Waals surface area (Å²) in [5.74, 6) is 0. The van der Waals surface area contributed by atoms with E-state index in [0.29, 0.717) is 0 Å². The molecule has 2 aliphatic rings. The lowest BCUT2D eigenvalue weighted by Gasteiger charge is -2.24. The predicted octanol–water partition coefficient (Wildman–Crippen LogP) is 4.08. The van der Waals surface area contributed by atoms with Crippen LogP contribution in [0, 0.1) is 0 Å². The molecule has 0 aromatic heterocycles. The molecule has 1 heterocycles. The number of rotatable bonds is 4. The zero-order valence-corrected chi connectivity index (χ0v) is 13.0. The van der Waals surface area contributed by atoms with Crippen LogP contribution >= 0.6 is 0 Å². The van der Waals surface area contributed by atoms with Gasteiger partial charge in [-0.15, -0.1) is 0 Å². The van der Waals surface area contributed by atoms with Gasteiger partial charge in [-0.1, -0.05) is 30.4 Å². The molecule has 0 fully saturated rings. The summed E-state index contributed by atoms with van der Waals surface area (Å²) in [5, 5.41) is 0. The topological polar surface area (TPSA) is 6.48 Å². The van der Waals surface area contributed by atoms with Crippen molar-refractivity contribution in [3.8, 4) is 0 Å². The normalized spacial score (nSPS) is 17.0. The van der Waals surface area contributed by atoms with E-state index in [1.54, 1.807) is 0 Å². The van der Waals surface area contributed by atoms with Crippen LogP contribution in [-0.2, 0) is 0 Å². The second-order valence-electron chi connectivity index (χ2n) is 6.06. The molecule has 2 nitrogen and oxygen atoms in total. The number of anilines is 1. The minimum Gasteiger partial charge on any atom is -0.347 e. The Morgan fingerprint density at radius 1 is 1.14 bits per heavy atom. The molecule has 0 amide bonds. The molecule has 1 aliphatic carbocycles. The van der Waals surface area contributed by atoms with Crippen LogP contribution in [0.25, 0.3) is 5.57 Å². The summed E-state index contributed by atoms with van der Waals surface area (Å²) >= 11 is 0. The molecular formula is C19H24N2. The highest BCUT2D eigenvalue weighted by molar-refractivity contribution is 5.84. The second kappa shape index (κ2) is 6.31. The van der Waals surface area contributed by atoms with E-state index in [1.807, 2.05) is 0 Å². The number of nitrogens with zero attached hydrogens (tertiary/aromatic N) is 2. The Labute approximate surface area is 128 Å². The van der Waals surface area contributed by atoms with Gasteiger partial charge in [0, 0.05) is 24.0 Å². The summed E-state index contributed by atoms with van der Waals surface area (Å²) < 4.78 is 0. The van der Waals surface area contributed by atoms with Gasteiger partial charge >= 0.3 is 0 Å². The highest BCUT2D eigenvalue weighted by atomic mass is 15.1. The first-order valence-electron chi connectivity index (χ1n) is 7.84. The van der Waals surface area contributed by atoms with Gasteiger partial charge in [0.1, 0.15) is 0 Å². The zero-order chi connectivity index (χ0) is 14.7. The van der Waals surface area contributed by atoms with Crippen LogP contribution in [0.1, 0.15) is 24.8 Å². The number of allylic oxidation sites excluding steroid dienone is 5. The fourth-order valence-corrected chi connectivity index (χ4v) is 3.11. The third-order valence-corrected chi connectivity index (χ3v) is 4.18. The van der Waals surface area contributed by atoms with Gasteiger partial charge in [0.05, 0.1) is 0 Å². The third kappa shape index (κ3) is 3.11. The molecule has 0 N–H and O–H groups in total. The largest absolute Gasteiger partial charge is 0.347 e. The van der Waals surface area contributed by atoms with Gasteiger partial charge in [0.25, 0.3) is 0 Å². The average molecular weight is 280 g/mol. The maximum atomic E-state index is 2.41. The molecule has 1 aliphatic heterocycles. The molecular weight excluding hydrogens is 256 g/mol. The fraction of sp³-hybridized carbons (Fsp3) is 0.368. The van der Waals surface area contributed by atoms with Gasteiger partial charge in [0.2, 0.25) is 0 Å². The van der Waals surface area contributed by atoms with Gasteiger partial charge in [-0.2, -0.15) is 0 Å². The SMILES string of the molecule is CN(C)CCCN1C=CC2=C(CCC=C2)c2ccccc21. The molecule has 2 heteroatoms. The lowest BCUT2D eigenvalue weighted by atomic mass is 9.91. The lowest BCUT2D eigenvalue weighted by molar-refractivity contribution is 0.402. The van der Waals surface area contributed by atoms with Crippen LogP contribution in [-0.4, -0.2) is 32.1 Å². The first kappa shape index (κ1) is 14.2. The molecule has 0 spiro atoms. The number of para-hydroxylation sites is 1. The van der Waals surface area contributed by atoms with Crippen LogP contribution in [0.15, 0.2) is 54.3 Å². The van der Waals surface area contributed by atoms with E-state index in [1.165, 1.54) is 28.8 Å². The van der Waals surface area contributed by atoms with Gasteiger partial charge in [0.15, 0.2) is 0 Å². The van der Waals surface area contributed by atoms with Crippen molar-refractivity contribution in [3.05, 3.63) is 59.8 Å². The van der Waals surface area contributed by atoms with E-state index in [4.69, 9.17) is 0 Å². The van der Waals surface area contributed by atoms with Crippen molar-refractivity contribution >= 4 is 11.3 Å². The van der Waals surface area contributed by atoms with Crippen molar-refractivity contribution in [1.29, 1.82) is 0 Å². The van der Waals surface area contributed by atoms with E-state index < -0.39 is 0 Å². The van der Waals surface area contributed by atoms with Gasteiger partial charge in [-0.25, -0.2) is 0 Å².